The highest BCUT2D eigenvalue weighted by Gasteiger charge is 2.41. The number of rotatable bonds is 11. The number of unbranched alkanes of at least 4 members (excludes halogenated alkanes) is 3. The van der Waals surface area contributed by atoms with Gasteiger partial charge in [-0.25, -0.2) is 4.79 Å². The predicted octanol–water partition coefficient (Wildman–Crippen LogP) is 2.84. The quantitative estimate of drug-likeness (QED) is 0.318. The number of carbonyl (C=O) groups is 4. The molecule has 9 nitrogen and oxygen atoms in total. The number of nitrogens with zero attached hydrogens (tertiary/aromatic N) is 1. The molecule has 9 heteroatoms. The van der Waals surface area contributed by atoms with Gasteiger partial charge in [-0.2, -0.15) is 0 Å². The number of nitrogens with one attached hydrogen (secondary N) is 2. The highest BCUT2D eigenvalue weighted by Crippen LogP contribution is 2.39. The Morgan fingerprint density at radius 1 is 1.18 bits per heavy atom. The second kappa shape index (κ2) is 12.0. The third kappa shape index (κ3) is 8.70. The fourth-order valence-electron chi connectivity index (χ4n) is 4.15. The first kappa shape index (κ1) is 26.7. The molecule has 4 atom stereocenters. The molecule has 0 bridgehead atoms. The van der Waals surface area contributed by atoms with Crippen LogP contribution >= 0.6 is 0 Å². The Kier molecular flexibility index (Phi) is 9.73. The van der Waals surface area contributed by atoms with Crippen LogP contribution in [0.5, 0.6) is 0 Å². The monoisotopic (exact) mass is 465 g/mol. The summed E-state index contributed by atoms with van der Waals surface area (Å²) in [6.07, 6.45) is 9.30. The largest absolute Gasteiger partial charge is 0.481 e. The van der Waals surface area contributed by atoms with Gasteiger partial charge in [-0.1, -0.05) is 25.0 Å². The standard InChI is InChI=1S/C24H39N3O6/c1-24(2,3)33-23(32)26-18(21(29)27-14-10-13-19(27)20(28)25-4)12-9-7-5-6-8-11-16-15-17(16)22(30)31/h8,11,16-19H,5-7,9-10,12-15H2,1-4H3,(H,25,28)(H,26,32)(H,30,31)/b11-8-/t16-,17+,18+,19+/m1/s1. The Morgan fingerprint density at radius 3 is 2.52 bits per heavy atom. The molecule has 2 fully saturated rings. The second-order valence-electron chi connectivity index (χ2n) is 9.91. The van der Waals surface area contributed by atoms with Gasteiger partial charge in [0.05, 0.1) is 5.92 Å². The van der Waals surface area contributed by atoms with E-state index in [1.807, 2.05) is 12.2 Å². The molecule has 0 aromatic carbocycles. The van der Waals surface area contributed by atoms with Gasteiger partial charge in [0, 0.05) is 13.6 Å². The number of likely N-dealkylation sites (N-methyl/N-ethyl adjacent to an activating group) is 1. The van der Waals surface area contributed by atoms with Gasteiger partial charge in [0.2, 0.25) is 11.8 Å². The van der Waals surface area contributed by atoms with Gasteiger partial charge in [-0.3, -0.25) is 14.4 Å². The van der Waals surface area contributed by atoms with Crippen LogP contribution in [-0.4, -0.2) is 65.2 Å². The number of hydrogen-bond acceptors (Lipinski definition) is 5. The average Bonchev–Trinajstić information content (AvgIpc) is 3.35. The number of likely N-dealkylation sites (tertiary alicyclic amines) is 1. The molecule has 3 amide bonds. The first-order valence-electron chi connectivity index (χ1n) is 11.9. The summed E-state index contributed by atoms with van der Waals surface area (Å²) < 4.78 is 5.34. The topological polar surface area (TPSA) is 125 Å². The van der Waals surface area contributed by atoms with Crippen LogP contribution in [0, 0.1) is 11.8 Å². The molecule has 1 aliphatic heterocycles. The Morgan fingerprint density at radius 2 is 1.91 bits per heavy atom. The average molecular weight is 466 g/mol. The number of ether oxygens (including phenoxy) is 1. The van der Waals surface area contributed by atoms with Crippen molar-refractivity contribution in [1.29, 1.82) is 0 Å². The van der Waals surface area contributed by atoms with Gasteiger partial charge in [0.15, 0.2) is 0 Å². The van der Waals surface area contributed by atoms with Crippen LogP contribution in [-0.2, 0) is 19.1 Å². The van der Waals surface area contributed by atoms with Crippen molar-refractivity contribution >= 4 is 23.9 Å². The van der Waals surface area contributed by atoms with E-state index in [0.29, 0.717) is 19.4 Å². The maximum Gasteiger partial charge on any atom is 0.408 e. The van der Waals surface area contributed by atoms with Gasteiger partial charge >= 0.3 is 12.1 Å². The summed E-state index contributed by atoms with van der Waals surface area (Å²) in [5.41, 5.74) is -0.677. The van der Waals surface area contributed by atoms with Crippen LogP contribution < -0.4 is 10.6 Å². The number of carbonyl (C=O) groups excluding carboxylic acids is 3. The van der Waals surface area contributed by atoms with Gasteiger partial charge in [0.1, 0.15) is 17.7 Å². The highest BCUT2D eigenvalue weighted by molar-refractivity contribution is 5.91. The summed E-state index contributed by atoms with van der Waals surface area (Å²) in [6, 6.07) is -1.25. The Labute approximate surface area is 196 Å². The zero-order valence-corrected chi connectivity index (χ0v) is 20.3. The Hall–Kier alpha value is -2.58. The Bertz CT molecular complexity index is 745. The molecule has 0 radical (unpaired) electrons. The van der Waals surface area contributed by atoms with Crippen molar-refractivity contribution in [3.63, 3.8) is 0 Å². The lowest BCUT2D eigenvalue weighted by molar-refractivity contribution is -0.140. The number of carboxylic acid groups (broad SMARTS) is 1. The van der Waals surface area contributed by atoms with Crippen molar-refractivity contribution in [3.8, 4) is 0 Å². The van der Waals surface area contributed by atoms with Crippen LogP contribution in [0.2, 0.25) is 0 Å². The molecule has 186 valence electrons. The number of hydrogen-bond donors (Lipinski definition) is 3. The lowest BCUT2D eigenvalue weighted by atomic mass is 10.0. The minimum Gasteiger partial charge on any atom is -0.481 e. The summed E-state index contributed by atoms with van der Waals surface area (Å²) in [5, 5.41) is 14.3. The van der Waals surface area contributed by atoms with Crippen LogP contribution in [0.15, 0.2) is 12.2 Å². The summed E-state index contributed by atoms with van der Waals surface area (Å²) in [6.45, 7) is 5.78. The van der Waals surface area contributed by atoms with E-state index in [9.17, 15) is 19.2 Å². The molecule has 0 aromatic heterocycles. The lowest BCUT2D eigenvalue weighted by Crippen LogP contribution is -2.53. The fourth-order valence-corrected chi connectivity index (χ4v) is 4.15. The maximum atomic E-state index is 13.2. The minimum atomic E-state index is -0.747. The van der Waals surface area contributed by atoms with E-state index in [-0.39, 0.29) is 23.7 Å². The number of allylic oxidation sites excluding steroid dienone is 2. The van der Waals surface area contributed by atoms with E-state index in [1.165, 1.54) is 0 Å². The van der Waals surface area contributed by atoms with Crippen molar-refractivity contribution < 1.29 is 29.0 Å². The van der Waals surface area contributed by atoms with E-state index < -0.39 is 29.7 Å². The molecule has 2 rings (SSSR count). The first-order valence-corrected chi connectivity index (χ1v) is 11.9. The van der Waals surface area contributed by atoms with Gasteiger partial charge in [-0.05, 0) is 65.2 Å². The molecule has 33 heavy (non-hydrogen) atoms. The molecule has 1 saturated carbocycles. The van der Waals surface area contributed by atoms with Crippen LogP contribution in [0.3, 0.4) is 0 Å². The van der Waals surface area contributed by atoms with Crippen molar-refractivity contribution in [1.82, 2.24) is 15.5 Å². The van der Waals surface area contributed by atoms with E-state index in [2.05, 4.69) is 10.6 Å². The molecular weight excluding hydrogens is 426 g/mol. The third-order valence-corrected chi connectivity index (χ3v) is 5.98. The molecule has 1 heterocycles. The van der Waals surface area contributed by atoms with Crippen molar-refractivity contribution in [2.24, 2.45) is 11.8 Å². The highest BCUT2D eigenvalue weighted by atomic mass is 16.6. The Balaban J connectivity index is 1.86. The number of amides is 3. The van der Waals surface area contributed by atoms with Gasteiger partial charge in [0.25, 0.3) is 0 Å². The van der Waals surface area contributed by atoms with E-state index in [0.717, 1.165) is 38.5 Å². The van der Waals surface area contributed by atoms with E-state index in [4.69, 9.17) is 9.84 Å². The molecule has 1 saturated heterocycles. The van der Waals surface area contributed by atoms with Crippen LogP contribution in [0.4, 0.5) is 4.79 Å². The summed E-state index contributed by atoms with van der Waals surface area (Å²) in [5.74, 6) is -1.23. The summed E-state index contributed by atoms with van der Waals surface area (Å²) in [7, 11) is 1.55. The molecule has 1 aliphatic carbocycles. The molecule has 0 unspecified atom stereocenters. The van der Waals surface area contributed by atoms with Gasteiger partial charge in [-0.15, -0.1) is 0 Å². The van der Waals surface area contributed by atoms with E-state index >= 15 is 0 Å². The second-order valence-corrected chi connectivity index (χ2v) is 9.91. The maximum absolute atomic E-state index is 13.2. The zero-order valence-electron chi connectivity index (χ0n) is 20.3. The van der Waals surface area contributed by atoms with Crippen molar-refractivity contribution in [2.75, 3.05) is 13.6 Å². The molecular formula is C24H39N3O6. The predicted molar refractivity (Wildman–Crippen MR) is 123 cm³/mol. The smallest absolute Gasteiger partial charge is 0.408 e. The molecule has 3 N–H and O–H groups in total. The summed E-state index contributed by atoms with van der Waals surface area (Å²) >= 11 is 0. The zero-order chi connectivity index (χ0) is 24.6. The van der Waals surface area contributed by atoms with Crippen LogP contribution in [0.1, 0.15) is 72.1 Å². The van der Waals surface area contributed by atoms with Crippen molar-refractivity contribution in [3.05, 3.63) is 12.2 Å². The molecule has 0 spiro atoms. The molecule has 0 aromatic rings. The number of alkyl carbamates (subject to hydrolysis) is 1. The van der Waals surface area contributed by atoms with E-state index in [1.54, 1.807) is 32.7 Å². The number of carboxylic acids is 1. The fraction of sp³-hybridized carbons (Fsp3) is 0.750. The minimum absolute atomic E-state index is 0.163. The molecule has 2 aliphatic rings. The normalized spacial score (nSPS) is 23.3. The van der Waals surface area contributed by atoms with Crippen molar-refractivity contribution in [2.45, 2.75) is 89.8 Å². The first-order chi connectivity index (χ1) is 15.5. The summed E-state index contributed by atoms with van der Waals surface area (Å²) in [4.78, 5) is 50.2. The third-order valence-electron chi connectivity index (χ3n) is 5.98. The SMILES string of the molecule is CNC(=O)[C@@H]1CCCN1C(=O)[C@H](CCCCC/C=C\[C@@H]1C[C@@H]1C(=O)O)NC(=O)OC(C)(C)C. The number of aliphatic carboxylic acids is 1. The lowest BCUT2D eigenvalue weighted by Gasteiger charge is -2.29. The van der Waals surface area contributed by atoms with Crippen LogP contribution in [0.25, 0.3) is 0 Å². The van der Waals surface area contributed by atoms with Gasteiger partial charge < -0.3 is 25.4 Å².